The highest BCUT2D eigenvalue weighted by Crippen LogP contribution is 2.15. The van der Waals surface area contributed by atoms with Crippen molar-refractivity contribution in [3.05, 3.63) is 0 Å². The summed E-state index contributed by atoms with van der Waals surface area (Å²) in [5.41, 5.74) is 0.228. The first-order valence-electron chi connectivity index (χ1n) is 13.1. The van der Waals surface area contributed by atoms with Crippen molar-refractivity contribution in [2.75, 3.05) is 65.4 Å². The molecule has 0 aliphatic heterocycles. The van der Waals surface area contributed by atoms with Gasteiger partial charge in [-0.3, -0.25) is 14.7 Å². The fraction of sp³-hybridized carbons (Fsp3) is 1.00. The average molecular weight is 442 g/mol. The van der Waals surface area contributed by atoms with Crippen LogP contribution in [0.1, 0.15) is 82.6 Å². The third-order valence-electron chi connectivity index (χ3n) is 6.42. The fourth-order valence-corrected chi connectivity index (χ4v) is 4.43. The molecule has 0 amide bonds. The Morgan fingerprint density at radius 3 is 1.48 bits per heavy atom. The highest BCUT2D eigenvalue weighted by molar-refractivity contribution is 4.79. The Hall–Kier alpha value is -0.200. The third-order valence-corrected chi connectivity index (χ3v) is 6.42. The van der Waals surface area contributed by atoms with Crippen LogP contribution >= 0.6 is 0 Å². The van der Waals surface area contributed by atoms with Crippen LogP contribution in [0, 0.1) is 0 Å². The molecule has 0 aliphatic rings. The molecule has 31 heavy (non-hydrogen) atoms. The molecular formula is C26H59N5. The molecule has 0 unspecified atom stereocenters. The number of nitrogens with zero attached hydrogens (tertiary/aromatic N) is 4. The van der Waals surface area contributed by atoms with E-state index >= 15 is 0 Å². The molecule has 0 saturated heterocycles. The molecule has 5 heteroatoms. The van der Waals surface area contributed by atoms with E-state index in [-0.39, 0.29) is 5.54 Å². The molecule has 0 bridgehead atoms. The van der Waals surface area contributed by atoms with Gasteiger partial charge in [0.2, 0.25) is 0 Å². The van der Waals surface area contributed by atoms with E-state index < -0.39 is 0 Å². The van der Waals surface area contributed by atoms with Crippen LogP contribution in [0.25, 0.3) is 0 Å². The standard InChI is InChI=1S/C26H59N5/c1-12-16-29(23(3)4)21-19-28(13-2)20-22-30(24(5)6)17-14-27-15-18-31(25(7)8)26(9,10)11/h23-25,27H,12-22H2,1-11H3. The lowest BCUT2D eigenvalue weighted by Crippen LogP contribution is -2.49. The van der Waals surface area contributed by atoms with Gasteiger partial charge in [0, 0.05) is 76.0 Å². The zero-order chi connectivity index (χ0) is 24.0. The molecule has 0 fully saturated rings. The minimum absolute atomic E-state index is 0.228. The van der Waals surface area contributed by atoms with Gasteiger partial charge in [-0.1, -0.05) is 13.8 Å². The maximum absolute atomic E-state index is 3.69. The van der Waals surface area contributed by atoms with Crippen molar-refractivity contribution in [3.8, 4) is 0 Å². The van der Waals surface area contributed by atoms with Crippen LogP contribution in [0.5, 0.6) is 0 Å². The van der Waals surface area contributed by atoms with Gasteiger partial charge < -0.3 is 10.2 Å². The molecule has 0 aromatic carbocycles. The van der Waals surface area contributed by atoms with Crippen LogP contribution in [0.15, 0.2) is 0 Å². The summed E-state index contributed by atoms with van der Waals surface area (Å²) in [7, 11) is 0. The molecule has 188 valence electrons. The van der Waals surface area contributed by atoms with Gasteiger partial charge in [-0.05, 0) is 81.8 Å². The first-order chi connectivity index (χ1) is 14.4. The first-order valence-corrected chi connectivity index (χ1v) is 13.1. The molecule has 1 N–H and O–H groups in total. The summed E-state index contributed by atoms with van der Waals surface area (Å²) in [6.07, 6.45) is 1.24. The van der Waals surface area contributed by atoms with Gasteiger partial charge in [0.05, 0.1) is 0 Å². The lowest BCUT2D eigenvalue weighted by atomic mass is 10.0. The minimum atomic E-state index is 0.228. The molecule has 0 heterocycles. The van der Waals surface area contributed by atoms with Crippen molar-refractivity contribution in [1.82, 2.24) is 24.9 Å². The summed E-state index contributed by atoms with van der Waals surface area (Å²) < 4.78 is 0. The Bertz CT molecular complexity index is 417. The van der Waals surface area contributed by atoms with E-state index in [2.05, 4.69) is 101 Å². The highest BCUT2D eigenvalue weighted by Gasteiger charge is 2.23. The largest absolute Gasteiger partial charge is 0.314 e. The van der Waals surface area contributed by atoms with Gasteiger partial charge in [-0.15, -0.1) is 0 Å². The molecule has 0 radical (unpaired) electrons. The Morgan fingerprint density at radius 1 is 0.613 bits per heavy atom. The number of nitrogens with one attached hydrogen (secondary N) is 1. The summed E-state index contributed by atoms with van der Waals surface area (Å²) >= 11 is 0. The van der Waals surface area contributed by atoms with Crippen LogP contribution < -0.4 is 5.32 Å². The third kappa shape index (κ3) is 13.8. The van der Waals surface area contributed by atoms with Gasteiger partial charge in [0.15, 0.2) is 0 Å². The summed E-state index contributed by atoms with van der Waals surface area (Å²) in [5.74, 6) is 0. The number of rotatable bonds is 18. The molecule has 5 nitrogen and oxygen atoms in total. The molecule has 0 spiro atoms. The van der Waals surface area contributed by atoms with E-state index in [0.717, 1.165) is 45.8 Å². The smallest absolute Gasteiger partial charge is 0.0128 e. The van der Waals surface area contributed by atoms with Crippen molar-refractivity contribution in [3.63, 3.8) is 0 Å². The van der Waals surface area contributed by atoms with Gasteiger partial charge in [-0.25, -0.2) is 0 Å². The minimum Gasteiger partial charge on any atom is -0.314 e. The van der Waals surface area contributed by atoms with Gasteiger partial charge in [0.1, 0.15) is 0 Å². The number of hydrogen-bond acceptors (Lipinski definition) is 5. The maximum Gasteiger partial charge on any atom is 0.0128 e. The van der Waals surface area contributed by atoms with E-state index in [9.17, 15) is 0 Å². The Labute approximate surface area is 196 Å². The highest BCUT2D eigenvalue weighted by atomic mass is 15.2. The molecule has 0 saturated carbocycles. The quantitative estimate of drug-likeness (QED) is 0.321. The van der Waals surface area contributed by atoms with Crippen molar-refractivity contribution >= 4 is 0 Å². The van der Waals surface area contributed by atoms with E-state index in [1.165, 1.54) is 26.1 Å². The van der Waals surface area contributed by atoms with Gasteiger partial charge in [0.25, 0.3) is 0 Å². The Balaban J connectivity index is 4.38. The maximum atomic E-state index is 3.69. The van der Waals surface area contributed by atoms with E-state index in [4.69, 9.17) is 0 Å². The monoisotopic (exact) mass is 441 g/mol. The van der Waals surface area contributed by atoms with Crippen LogP contribution in [0.4, 0.5) is 0 Å². The second-order valence-corrected chi connectivity index (χ2v) is 10.9. The molecule has 0 rings (SSSR count). The molecule has 0 aromatic heterocycles. The predicted octanol–water partition coefficient (Wildman–Crippen LogP) is 4.24. The van der Waals surface area contributed by atoms with Crippen molar-refractivity contribution in [2.24, 2.45) is 0 Å². The molecule has 0 atom stereocenters. The topological polar surface area (TPSA) is 25.0 Å². The van der Waals surface area contributed by atoms with E-state index in [0.29, 0.717) is 18.1 Å². The number of hydrogen-bond donors (Lipinski definition) is 1. The molecule has 0 aromatic rings. The lowest BCUT2D eigenvalue weighted by Gasteiger charge is -2.39. The Morgan fingerprint density at radius 2 is 1.10 bits per heavy atom. The van der Waals surface area contributed by atoms with Crippen molar-refractivity contribution in [2.45, 2.75) is 106 Å². The average Bonchev–Trinajstić information content (AvgIpc) is 2.65. The predicted molar refractivity (Wildman–Crippen MR) is 140 cm³/mol. The normalized spacial score (nSPS) is 13.4. The summed E-state index contributed by atoms with van der Waals surface area (Å²) in [6, 6.07) is 1.81. The van der Waals surface area contributed by atoms with Gasteiger partial charge >= 0.3 is 0 Å². The summed E-state index contributed by atoms with van der Waals surface area (Å²) in [5, 5.41) is 3.69. The number of likely N-dealkylation sites (N-methyl/N-ethyl adjacent to an activating group) is 1. The van der Waals surface area contributed by atoms with Crippen LogP contribution in [-0.2, 0) is 0 Å². The van der Waals surface area contributed by atoms with Crippen molar-refractivity contribution < 1.29 is 0 Å². The van der Waals surface area contributed by atoms with Crippen LogP contribution in [0.2, 0.25) is 0 Å². The molecule has 0 aliphatic carbocycles. The Kier molecular flexibility index (Phi) is 16.3. The fourth-order valence-electron chi connectivity index (χ4n) is 4.43. The lowest BCUT2D eigenvalue weighted by molar-refractivity contribution is 0.0994. The summed E-state index contributed by atoms with van der Waals surface area (Å²) in [6.45, 7) is 36.8. The zero-order valence-electron chi connectivity index (χ0n) is 23.3. The van der Waals surface area contributed by atoms with E-state index in [1.54, 1.807) is 0 Å². The second kappa shape index (κ2) is 16.4. The van der Waals surface area contributed by atoms with Crippen LogP contribution in [-0.4, -0.2) is 109 Å². The SMILES string of the molecule is CCCN(CCN(CC)CCN(CCNCCN(C(C)C)C(C)(C)C)C(C)C)C(C)C. The van der Waals surface area contributed by atoms with Crippen LogP contribution in [0.3, 0.4) is 0 Å². The zero-order valence-corrected chi connectivity index (χ0v) is 23.3. The first kappa shape index (κ1) is 30.8. The second-order valence-electron chi connectivity index (χ2n) is 10.9. The molecular weight excluding hydrogens is 382 g/mol. The summed E-state index contributed by atoms with van der Waals surface area (Å²) in [4.78, 5) is 10.5. The van der Waals surface area contributed by atoms with E-state index in [1.807, 2.05) is 0 Å². The van der Waals surface area contributed by atoms with Gasteiger partial charge in [-0.2, -0.15) is 0 Å². The van der Waals surface area contributed by atoms with Crippen molar-refractivity contribution in [1.29, 1.82) is 0 Å².